The van der Waals surface area contributed by atoms with Gasteiger partial charge in [-0.3, -0.25) is 9.88 Å². The lowest BCUT2D eigenvalue weighted by molar-refractivity contribution is 0.174. The molecule has 5 heteroatoms. The first kappa shape index (κ1) is 19.4. The third kappa shape index (κ3) is 6.99. The normalized spacial score (nSPS) is 12.5. The zero-order valence-corrected chi connectivity index (χ0v) is 15.2. The minimum absolute atomic E-state index is 0.0448. The monoisotopic (exact) mass is 320 g/mol. The molecule has 1 atom stereocenters. The lowest BCUT2D eigenvalue weighted by Gasteiger charge is -2.31. The molecule has 1 aromatic heterocycles. The molecular formula is C18H32N4O. The molecule has 130 valence electrons. The molecule has 0 bridgehead atoms. The fourth-order valence-electron chi connectivity index (χ4n) is 2.79. The Balaban J connectivity index is 2.53. The van der Waals surface area contributed by atoms with Gasteiger partial charge in [0.2, 0.25) is 0 Å². The average Bonchev–Trinajstić information content (AvgIpc) is 2.53. The Morgan fingerprint density at radius 3 is 2.48 bits per heavy atom. The Labute approximate surface area is 141 Å². The van der Waals surface area contributed by atoms with E-state index in [9.17, 15) is 4.79 Å². The van der Waals surface area contributed by atoms with Crippen molar-refractivity contribution >= 4 is 6.03 Å². The Bertz CT molecular complexity index is 446. The summed E-state index contributed by atoms with van der Waals surface area (Å²) in [7, 11) is 1.80. The molecule has 0 saturated carbocycles. The number of rotatable bonds is 9. The van der Waals surface area contributed by atoms with E-state index in [1.807, 2.05) is 18.2 Å². The van der Waals surface area contributed by atoms with E-state index < -0.39 is 0 Å². The highest BCUT2D eigenvalue weighted by atomic mass is 16.2. The van der Waals surface area contributed by atoms with Gasteiger partial charge in [-0.2, -0.15) is 0 Å². The Morgan fingerprint density at radius 1 is 1.26 bits per heavy atom. The zero-order valence-electron chi connectivity index (χ0n) is 15.2. The van der Waals surface area contributed by atoms with Crippen molar-refractivity contribution in [1.29, 1.82) is 0 Å². The van der Waals surface area contributed by atoms with Crippen molar-refractivity contribution in [1.82, 2.24) is 20.1 Å². The van der Waals surface area contributed by atoms with Gasteiger partial charge in [0.1, 0.15) is 0 Å². The molecule has 0 saturated heterocycles. The predicted octanol–water partition coefficient (Wildman–Crippen LogP) is 2.98. The van der Waals surface area contributed by atoms with E-state index in [4.69, 9.17) is 0 Å². The summed E-state index contributed by atoms with van der Waals surface area (Å²) < 4.78 is 0. The molecule has 2 amide bonds. The maximum atomic E-state index is 12.3. The van der Waals surface area contributed by atoms with Crippen molar-refractivity contribution in [3.8, 4) is 0 Å². The molecule has 1 N–H and O–H groups in total. The Kier molecular flexibility index (Phi) is 8.62. The van der Waals surface area contributed by atoms with Crippen LogP contribution in [0.4, 0.5) is 4.79 Å². The molecule has 5 nitrogen and oxygen atoms in total. The number of pyridine rings is 1. The van der Waals surface area contributed by atoms with E-state index in [1.54, 1.807) is 18.1 Å². The first-order valence-corrected chi connectivity index (χ1v) is 8.60. The van der Waals surface area contributed by atoms with Gasteiger partial charge >= 0.3 is 6.03 Å². The van der Waals surface area contributed by atoms with Crippen LogP contribution in [0.5, 0.6) is 0 Å². The molecule has 1 unspecified atom stereocenters. The van der Waals surface area contributed by atoms with Gasteiger partial charge in [-0.1, -0.05) is 33.8 Å². The second kappa shape index (κ2) is 10.2. The largest absolute Gasteiger partial charge is 0.336 e. The van der Waals surface area contributed by atoms with Gasteiger partial charge in [0, 0.05) is 25.8 Å². The molecule has 0 aliphatic rings. The van der Waals surface area contributed by atoms with E-state index in [0.29, 0.717) is 25.0 Å². The number of likely N-dealkylation sites (N-methyl/N-ethyl adjacent to an activating group) is 1. The van der Waals surface area contributed by atoms with Crippen molar-refractivity contribution < 1.29 is 4.79 Å². The minimum atomic E-state index is -0.0448. The zero-order chi connectivity index (χ0) is 17.2. The summed E-state index contributed by atoms with van der Waals surface area (Å²) in [5, 5.41) is 3.07. The van der Waals surface area contributed by atoms with Gasteiger partial charge in [0.25, 0.3) is 0 Å². The fourth-order valence-corrected chi connectivity index (χ4v) is 2.79. The number of nitrogens with one attached hydrogen (secondary N) is 1. The third-order valence-corrected chi connectivity index (χ3v) is 4.03. The van der Waals surface area contributed by atoms with Gasteiger partial charge in [-0.05, 0) is 37.6 Å². The number of urea groups is 1. The highest BCUT2D eigenvalue weighted by molar-refractivity contribution is 5.73. The second-order valence-electron chi connectivity index (χ2n) is 6.37. The van der Waals surface area contributed by atoms with E-state index in [1.165, 1.54) is 0 Å². The summed E-state index contributed by atoms with van der Waals surface area (Å²) in [5.41, 5.74) is 0.896. The number of nitrogens with zero attached hydrogens (tertiary/aromatic N) is 3. The summed E-state index contributed by atoms with van der Waals surface area (Å²) in [4.78, 5) is 20.7. The number of carbonyl (C=O) groups is 1. The van der Waals surface area contributed by atoms with Crippen LogP contribution in [-0.4, -0.2) is 53.5 Å². The summed E-state index contributed by atoms with van der Waals surface area (Å²) >= 11 is 0. The van der Waals surface area contributed by atoms with Crippen LogP contribution < -0.4 is 5.32 Å². The van der Waals surface area contributed by atoms with E-state index in [-0.39, 0.29) is 6.03 Å². The van der Waals surface area contributed by atoms with Crippen LogP contribution in [0.25, 0.3) is 0 Å². The summed E-state index contributed by atoms with van der Waals surface area (Å²) in [6.45, 7) is 12.0. The van der Waals surface area contributed by atoms with Crippen LogP contribution in [0.1, 0.15) is 39.8 Å². The lowest BCUT2D eigenvalue weighted by Crippen LogP contribution is -2.47. The average molecular weight is 320 g/mol. The van der Waals surface area contributed by atoms with Gasteiger partial charge in [-0.25, -0.2) is 4.79 Å². The highest BCUT2D eigenvalue weighted by Gasteiger charge is 2.19. The minimum Gasteiger partial charge on any atom is -0.336 e. The van der Waals surface area contributed by atoms with Crippen LogP contribution in [0, 0.1) is 5.92 Å². The molecule has 1 heterocycles. The maximum absolute atomic E-state index is 12.3. The molecule has 0 aliphatic carbocycles. The quantitative estimate of drug-likeness (QED) is 0.761. The van der Waals surface area contributed by atoms with Crippen LogP contribution in [0.15, 0.2) is 24.4 Å². The topological polar surface area (TPSA) is 48.5 Å². The first-order chi connectivity index (χ1) is 11.0. The van der Waals surface area contributed by atoms with Crippen molar-refractivity contribution in [3.05, 3.63) is 30.1 Å². The number of amides is 2. The van der Waals surface area contributed by atoms with E-state index >= 15 is 0 Å². The van der Waals surface area contributed by atoms with Gasteiger partial charge in [-0.15, -0.1) is 0 Å². The van der Waals surface area contributed by atoms with Crippen LogP contribution >= 0.6 is 0 Å². The highest BCUT2D eigenvalue weighted by Crippen LogP contribution is 2.11. The molecule has 23 heavy (non-hydrogen) atoms. The van der Waals surface area contributed by atoms with Crippen LogP contribution in [0.3, 0.4) is 0 Å². The fraction of sp³-hybridized carbons (Fsp3) is 0.667. The van der Waals surface area contributed by atoms with Crippen molar-refractivity contribution in [2.45, 2.75) is 46.7 Å². The van der Waals surface area contributed by atoms with E-state index in [2.05, 4.69) is 42.9 Å². The van der Waals surface area contributed by atoms with Crippen molar-refractivity contribution in [2.24, 2.45) is 5.92 Å². The van der Waals surface area contributed by atoms with Crippen molar-refractivity contribution in [3.63, 3.8) is 0 Å². The summed E-state index contributed by atoms with van der Waals surface area (Å²) in [5.74, 6) is 0.615. The van der Waals surface area contributed by atoms with E-state index in [0.717, 1.165) is 25.2 Å². The van der Waals surface area contributed by atoms with Gasteiger partial charge in [0.05, 0.1) is 12.2 Å². The molecule has 1 rings (SSSR count). The maximum Gasteiger partial charge on any atom is 0.317 e. The number of hydrogen-bond acceptors (Lipinski definition) is 3. The van der Waals surface area contributed by atoms with Crippen LogP contribution in [0.2, 0.25) is 0 Å². The standard InChI is InChI=1S/C18H32N4O/c1-6-22(7-2)17(12-15(3)4)13-20-18(23)21(5)14-16-10-8-9-11-19-16/h8-11,15,17H,6-7,12-14H2,1-5H3,(H,20,23). The second-order valence-corrected chi connectivity index (χ2v) is 6.37. The Morgan fingerprint density at radius 2 is 1.96 bits per heavy atom. The Hall–Kier alpha value is -1.62. The molecule has 0 aromatic carbocycles. The van der Waals surface area contributed by atoms with Gasteiger partial charge < -0.3 is 10.2 Å². The molecule has 0 radical (unpaired) electrons. The molecular weight excluding hydrogens is 288 g/mol. The molecule has 0 fully saturated rings. The summed E-state index contributed by atoms with van der Waals surface area (Å²) in [6.07, 6.45) is 2.84. The molecule has 0 aliphatic heterocycles. The number of carbonyl (C=O) groups excluding carboxylic acids is 1. The predicted molar refractivity (Wildman–Crippen MR) is 95.3 cm³/mol. The first-order valence-electron chi connectivity index (χ1n) is 8.60. The smallest absolute Gasteiger partial charge is 0.317 e. The van der Waals surface area contributed by atoms with Crippen molar-refractivity contribution in [2.75, 3.05) is 26.7 Å². The number of hydrogen-bond donors (Lipinski definition) is 1. The lowest BCUT2D eigenvalue weighted by atomic mass is 10.0. The third-order valence-electron chi connectivity index (χ3n) is 4.03. The molecule has 0 spiro atoms. The number of aromatic nitrogens is 1. The SMILES string of the molecule is CCN(CC)C(CNC(=O)N(C)Cc1ccccn1)CC(C)C. The summed E-state index contributed by atoms with van der Waals surface area (Å²) in [6, 6.07) is 6.09. The molecule has 1 aromatic rings. The van der Waals surface area contributed by atoms with Crippen LogP contribution in [-0.2, 0) is 6.54 Å². The van der Waals surface area contributed by atoms with Gasteiger partial charge in [0.15, 0.2) is 0 Å².